The third-order valence-electron chi connectivity index (χ3n) is 3.32. The van der Waals surface area contributed by atoms with Crippen LogP contribution in [-0.2, 0) is 9.31 Å². The summed E-state index contributed by atoms with van der Waals surface area (Å²) < 4.78 is 12.6. The van der Waals surface area contributed by atoms with Crippen molar-refractivity contribution in [1.82, 2.24) is 4.98 Å². The van der Waals surface area contributed by atoms with E-state index >= 15 is 0 Å². The van der Waals surface area contributed by atoms with E-state index in [9.17, 15) is 0 Å². The Morgan fingerprint density at radius 1 is 1.24 bits per heavy atom. The molecular formula is C11H14BBrClNO2. The van der Waals surface area contributed by atoms with Crippen molar-refractivity contribution < 1.29 is 9.31 Å². The molecule has 3 nitrogen and oxygen atoms in total. The number of aromatic nitrogens is 1. The predicted octanol–water partition coefficient (Wildman–Crippen LogP) is 2.80. The van der Waals surface area contributed by atoms with Crippen LogP contribution >= 0.6 is 27.5 Å². The third kappa shape index (κ3) is 2.39. The van der Waals surface area contributed by atoms with Gasteiger partial charge in [0, 0.05) is 10.7 Å². The molecule has 92 valence electrons. The highest BCUT2D eigenvalue weighted by Crippen LogP contribution is 2.36. The van der Waals surface area contributed by atoms with Crippen molar-refractivity contribution >= 4 is 40.2 Å². The van der Waals surface area contributed by atoms with Gasteiger partial charge in [0.1, 0.15) is 0 Å². The summed E-state index contributed by atoms with van der Waals surface area (Å²) in [5, 5.41) is 0.574. The van der Waals surface area contributed by atoms with Gasteiger partial charge in [0.2, 0.25) is 0 Å². The van der Waals surface area contributed by atoms with Gasteiger partial charge in [-0.1, -0.05) is 11.6 Å². The number of rotatable bonds is 1. The number of pyridine rings is 1. The number of halogens is 2. The zero-order valence-corrected chi connectivity index (χ0v) is 12.6. The molecule has 1 aromatic rings. The second kappa shape index (κ2) is 4.23. The van der Waals surface area contributed by atoms with Crippen LogP contribution in [0.25, 0.3) is 0 Å². The summed E-state index contributed by atoms with van der Waals surface area (Å²) >= 11 is 9.28. The molecule has 0 aliphatic carbocycles. The number of nitrogens with zero attached hydrogens (tertiary/aromatic N) is 1. The zero-order valence-electron chi connectivity index (χ0n) is 10.3. The first-order valence-electron chi connectivity index (χ1n) is 5.39. The average molecular weight is 318 g/mol. The first-order valence-corrected chi connectivity index (χ1v) is 6.57. The van der Waals surface area contributed by atoms with E-state index in [4.69, 9.17) is 20.9 Å². The largest absolute Gasteiger partial charge is 0.514 e. The molecule has 0 amide bonds. The lowest BCUT2D eigenvalue weighted by molar-refractivity contribution is 0.00578. The predicted molar refractivity (Wildman–Crippen MR) is 72.7 cm³/mol. The maximum Gasteiger partial charge on any atom is 0.514 e. The van der Waals surface area contributed by atoms with Crippen molar-refractivity contribution in [3.63, 3.8) is 0 Å². The monoisotopic (exact) mass is 317 g/mol. The molecule has 0 aromatic carbocycles. The molecule has 1 aliphatic heterocycles. The van der Waals surface area contributed by atoms with Gasteiger partial charge in [-0.3, -0.25) is 4.98 Å². The van der Waals surface area contributed by atoms with Gasteiger partial charge in [-0.25, -0.2) is 0 Å². The number of hydrogen-bond acceptors (Lipinski definition) is 3. The van der Waals surface area contributed by atoms with Crippen molar-refractivity contribution in [1.29, 1.82) is 0 Å². The van der Waals surface area contributed by atoms with Crippen LogP contribution < -0.4 is 5.59 Å². The second-order valence-corrected chi connectivity index (χ2v) is 6.37. The zero-order chi connectivity index (χ0) is 12.8. The summed E-state index contributed by atoms with van der Waals surface area (Å²) in [5.74, 6) is 0. The maximum atomic E-state index is 5.91. The molecule has 0 unspecified atom stereocenters. The Morgan fingerprint density at radius 2 is 1.76 bits per heavy atom. The van der Waals surface area contributed by atoms with Crippen LogP contribution in [0.2, 0.25) is 5.02 Å². The van der Waals surface area contributed by atoms with Crippen LogP contribution in [0.3, 0.4) is 0 Å². The molecule has 0 radical (unpaired) electrons. The van der Waals surface area contributed by atoms with Crippen molar-refractivity contribution in [3.8, 4) is 0 Å². The van der Waals surface area contributed by atoms with Crippen molar-refractivity contribution in [2.75, 3.05) is 0 Å². The van der Waals surface area contributed by atoms with Gasteiger partial charge in [-0.05, 0) is 49.7 Å². The summed E-state index contributed by atoms with van der Waals surface area (Å²) in [5.41, 5.74) is 0.0108. The van der Waals surface area contributed by atoms with Gasteiger partial charge in [-0.2, -0.15) is 0 Å². The fourth-order valence-corrected chi connectivity index (χ4v) is 1.96. The lowest BCUT2D eigenvalue weighted by atomic mass is 9.84. The minimum absolute atomic E-state index is 0.356. The Bertz CT molecular complexity index is 437. The standard InChI is InChI=1S/C11H14BBrClNO2/c1-10(2)11(3,4)17-12(16-10)9-5-7(13)8(14)6-15-9/h5-6H,1-4H3. The molecule has 1 aliphatic rings. The maximum absolute atomic E-state index is 5.91. The molecule has 0 bridgehead atoms. The van der Waals surface area contributed by atoms with Gasteiger partial charge in [-0.15, -0.1) is 0 Å². The molecule has 0 saturated carbocycles. The highest BCUT2D eigenvalue weighted by Gasteiger charge is 2.52. The fraction of sp³-hybridized carbons (Fsp3) is 0.545. The molecule has 0 N–H and O–H groups in total. The van der Waals surface area contributed by atoms with E-state index < -0.39 is 7.12 Å². The Labute approximate surface area is 115 Å². The third-order valence-corrected chi connectivity index (χ3v) is 4.51. The van der Waals surface area contributed by atoms with Crippen LogP contribution in [0.4, 0.5) is 0 Å². The SMILES string of the molecule is CC1(C)OB(c2cc(Br)c(Cl)cn2)OC1(C)C. The van der Waals surface area contributed by atoms with E-state index in [0.717, 1.165) is 10.1 Å². The minimum atomic E-state index is -0.450. The lowest BCUT2D eigenvalue weighted by Gasteiger charge is -2.32. The summed E-state index contributed by atoms with van der Waals surface area (Å²) in [6.45, 7) is 8.05. The van der Waals surface area contributed by atoms with Crippen LogP contribution in [0.5, 0.6) is 0 Å². The highest BCUT2D eigenvalue weighted by molar-refractivity contribution is 9.10. The molecule has 2 rings (SSSR count). The van der Waals surface area contributed by atoms with Crippen molar-refractivity contribution in [2.45, 2.75) is 38.9 Å². The Balaban J connectivity index is 2.29. The molecule has 0 atom stereocenters. The smallest absolute Gasteiger partial charge is 0.398 e. The average Bonchev–Trinajstić information content (AvgIpc) is 2.41. The van der Waals surface area contributed by atoms with Gasteiger partial charge in [0.15, 0.2) is 0 Å². The van der Waals surface area contributed by atoms with Gasteiger partial charge in [0.25, 0.3) is 0 Å². The minimum Gasteiger partial charge on any atom is -0.398 e. The summed E-state index contributed by atoms with van der Waals surface area (Å²) in [6, 6.07) is 1.82. The molecular weight excluding hydrogens is 304 g/mol. The van der Waals surface area contributed by atoms with Crippen LogP contribution in [0, 0.1) is 0 Å². The van der Waals surface area contributed by atoms with E-state index in [2.05, 4.69) is 20.9 Å². The fourth-order valence-electron chi connectivity index (χ4n) is 1.52. The molecule has 1 aromatic heterocycles. The second-order valence-electron chi connectivity index (χ2n) is 5.11. The quantitative estimate of drug-likeness (QED) is 0.746. The van der Waals surface area contributed by atoms with E-state index in [1.165, 1.54) is 0 Å². The van der Waals surface area contributed by atoms with Gasteiger partial charge >= 0.3 is 7.12 Å². The Morgan fingerprint density at radius 3 is 2.24 bits per heavy atom. The molecule has 2 heterocycles. The highest BCUT2D eigenvalue weighted by atomic mass is 79.9. The van der Waals surface area contributed by atoms with E-state index in [-0.39, 0.29) is 11.2 Å². The first kappa shape index (κ1) is 13.3. The number of hydrogen-bond donors (Lipinski definition) is 0. The van der Waals surface area contributed by atoms with Crippen molar-refractivity contribution in [2.24, 2.45) is 0 Å². The van der Waals surface area contributed by atoms with E-state index in [1.54, 1.807) is 6.20 Å². The van der Waals surface area contributed by atoms with Crippen LogP contribution in [-0.4, -0.2) is 23.3 Å². The van der Waals surface area contributed by atoms with E-state index in [0.29, 0.717) is 5.02 Å². The van der Waals surface area contributed by atoms with Gasteiger partial charge < -0.3 is 9.31 Å². The molecule has 6 heteroatoms. The topological polar surface area (TPSA) is 31.4 Å². The van der Waals surface area contributed by atoms with Gasteiger partial charge in [0.05, 0.1) is 21.8 Å². The molecule has 0 spiro atoms. The summed E-state index contributed by atoms with van der Waals surface area (Å²) in [7, 11) is -0.450. The lowest BCUT2D eigenvalue weighted by Crippen LogP contribution is -2.41. The summed E-state index contributed by atoms with van der Waals surface area (Å²) in [6.07, 6.45) is 1.59. The van der Waals surface area contributed by atoms with Crippen molar-refractivity contribution in [3.05, 3.63) is 21.8 Å². The molecule has 1 saturated heterocycles. The Hall–Kier alpha value is -0.0951. The molecule has 17 heavy (non-hydrogen) atoms. The van der Waals surface area contributed by atoms with E-state index in [1.807, 2.05) is 33.8 Å². The van der Waals surface area contributed by atoms with Crippen LogP contribution in [0.1, 0.15) is 27.7 Å². The Kier molecular flexibility index (Phi) is 3.32. The first-order chi connectivity index (χ1) is 7.73. The van der Waals surface area contributed by atoms with Crippen LogP contribution in [0.15, 0.2) is 16.7 Å². The molecule has 1 fully saturated rings. The summed E-state index contributed by atoms with van der Waals surface area (Å²) in [4.78, 5) is 4.24. The normalized spacial score (nSPS) is 21.9.